The Bertz CT molecular complexity index is 488. The molecule has 1 aromatic carbocycles. The van der Waals surface area contributed by atoms with Crippen LogP contribution in [0.3, 0.4) is 0 Å². The highest BCUT2D eigenvalue weighted by molar-refractivity contribution is 5.81. The predicted octanol–water partition coefficient (Wildman–Crippen LogP) is 2.85. The van der Waals surface area contributed by atoms with E-state index in [2.05, 4.69) is 0 Å². The lowest BCUT2D eigenvalue weighted by atomic mass is 10.2. The summed E-state index contributed by atoms with van der Waals surface area (Å²) in [7, 11) is 0. The van der Waals surface area contributed by atoms with Crippen molar-refractivity contribution in [3.63, 3.8) is 0 Å². The van der Waals surface area contributed by atoms with Crippen LogP contribution in [0.15, 0.2) is 24.3 Å². The van der Waals surface area contributed by atoms with Gasteiger partial charge in [-0.05, 0) is 38.1 Å². The van der Waals surface area contributed by atoms with Crippen LogP contribution in [0.2, 0.25) is 0 Å². The smallest absolute Gasteiger partial charge is 0.125 e. The Morgan fingerprint density at radius 2 is 2.13 bits per heavy atom. The van der Waals surface area contributed by atoms with Crippen molar-refractivity contribution in [3.05, 3.63) is 35.8 Å². The average Bonchev–Trinajstić information content (AvgIpc) is 2.55. The molecule has 0 spiro atoms. The maximum Gasteiger partial charge on any atom is 0.125 e. The highest BCUT2D eigenvalue weighted by Gasteiger charge is 2.11. The number of nitrogens with zero attached hydrogens (tertiary/aromatic N) is 1. The van der Waals surface area contributed by atoms with E-state index in [0.717, 1.165) is 23.1 Å². The molecule has 15 heavy (non-hydrogen) atoms. The summed E-state index contributed by atoms with van der Waals surface area (Å²) < 4.78 is 15.0. The first kappa shape index (κ1) is 10.2. The van der Waals surface area contributed by atoms with E-state index in [0.29, 0.717) is 0 Å². The van der Waals surface area contributed by atoms with Gasteiger partial charge in [-0.25, -0.2) is 4.39 Å². The van der Waals surface area contributed by atoms with Crippen molar-refractivity contribution in [2.75, 3.05) is 0 Å². The van der Waals surface area contributed by atoms with E-state index in [1.165, 1.54) is 12.1 Å². The minimum Gasteiger partial charge on any atom is -0.387 e. The second-order valence-electron chi connectivity index (χ2n) is 3.69. The van der Waals surface area contributed by atoms with E-state index in [1.54, 1.807) is 13.0 Å². The minimum atomic E-state index is -0.527. The number of aliphatic hydroxyl groups is 1. The van der Waals surface area contributed by atoms with E-state index < -0.39 is 6.10 Å². The molecule has 2 nitrogen and oxygen atoms in total. The van der Waals surface area contributed by atoms with Gasteiger partial charge in [0.1, 0.15) is 5.82 Å². The van der Waals surface area contributed by atoms with Crippen LogP contribution in [-0.2, 0) is 6.54 Å². The van der Waals surface area contributed by atoms with Crippen LogP contribution >= 0.6 is 0 Å². The van der Waals surface area contributed by atoms with Crippen molar-refractivity contribution in [3.8, 4) is 0 Å². The molecular weight excluding hydrogens is 193 g/mol. The van der Waals surface area contributed by atoms with Crippen molar-refractivity contribution in [2.45, 2.75) is 26.5 Å². The molecule has 2 rings (SSSR count). The summed E-state index contributed by atoms with van der Waals surface area (Å²) >= 11 is 0. The summed E-state index contributed by atoms with van der Waals surface area (Å²) in [5.41, 5.74) is 1.67. The second-order valence-corrected chi connectivity index (χ2v) is 3.69. The Hall–Kier alpha value is -1.35. The molecule has 80 valence electrons. The van der Waals surface area contributed by atoms with Crippen molar-refractivity contribution in [1.29, 1.82) is 0 Å². The lowest BCUT2D eigenvalue weighted by molar-refractivity contribution is 0.190. The van der Waals surface area contributed by atoms with Gasteiger partial charge in [0.15, 0.2) is 0 Å². The Balaban J connectivity index is 2.74. The third-order valence-electron chi connectivity index (χ3n) is 2.64. The maximum absolute atomic E-state index is 13.1. The molecule has 0 amide bonds. The standard InChI is InChI=1S/C12H14FNO/c1-3-14-11(8(2)15)6-9-4-5-10(13)7-12(9)14/h4-8,15H,3H2,1-2H3. The topological polar surface area (TPSA) is 25.2 Å². The Morgan fingerprint density at radius 3 is 2.73 bits per heavy atom. The number of fused-ring (bicyclic) bond motifs is 1. The summed E-state index contributed by atoms with van der Waals surface area (Å²) in [6.07, 6.45) is -0.527. The third kappa shape index (κ3) is 1.63. The van der Waals surface area contributed by atoms with Gasteiger partial charge in [-0.3, -0.25) is 0 Å². The van der Waals surface area contributed by atoms with Gasteiger partial charge in [0, 0.05) is 17.6 Å². The molecule has 0 saturated carbocycles. The summed E-state index contributed by atoms with van der Waals surface area (Å²) in [4.78, 5) is 0. The summed E-state index contributed by atoms with van der Waals surface area (Å²) in [5.74, 6) is -0.243. The number of halogens is 1. The molecule has 1 N–H and O–H groups in total. The molecule has 0 radical (unpaired) electrons. The van der Waals surface area contributed by atoms with Crippen LogP contribution < -0.4 is 0 Å². The van der Waals surface area contributed by atoms with Gasteiger partial charge in [-0.2, -0.15) is 0 Å². The fraction of sp³-hybridized carbons (Fsp3) is 0.333. The van der Waals surface area contributed by atoms with Gasteiger partial charge < -0.3 is 9.67 Å². The average molecular weight is 207 g/mol. The van der Waals surface area contributed by atoms with Gasteiger partial charge in [-0.15, -0.1) is 0 Å². The van der Waals surface area contributed by atoms with Crippen LogP contribution in [0.25, 0.3) is 10.9 Å². The monoisotopic (exact) mass is 207 g/mol. The lowest BCUT2D eigenvalue weighted by Crippen LogP contribution is -2.03. The molecule has 1 heterocycles. The number of aromatic nitrogens is 1. The van der Waals surface area contributed by atoms with Gasteiger partial charge in [-0.1, -0.05) is 0 Å². The summed E-state index contributed by atoms with van der Waals surface area (Å²) in [6, 6.07) is 6.59. The number of hydrogen-bond donors (Lipinski definition) is 1. The molecule has 1 aromatic heterocycles. The van der Waals surface area contributed by atoms with Gasteiger partial charge in [0.05, 0.1) is 11.6 Å². The molecule has 0 aliphatic rings. The highest BCUT2D eigenvalue weighted by Crippen LogP contribution is 2.24. The Labute approximate surface area is 88.0 Å². The molecule has 1 unspecified atom stereocenters. The minimum absolute atomic E-state index is 0.243. The largest absolute Gasteiger partial charge is 0.387 e. The summed E-state index contributed by atoms with van der Waals surface area (Å²) in [6.45, 7) is 4.43. The maximum atomic E-state index is 13.1. The highest BCUT2D eigenvalue weighted by atomic mass is 19.1. The third-order valence-corrected chi connectivity index (χ3v) is 2.64. The van der Waals surface area contributed by atoms with Crippen molar-refractivity contribution in [2.24, 2.45) is 0 Å². The molecule has 0 saturated heterocycles. The van der Waals surface area contributed by atoms with E-state index in [-0.39, 0.29) is 5.82 Å². The van der Waals surface area contributed by atoms with Crippen LogP contribution in [0.4, 0.5) is 4.39 Å². The first-order chi connectivity index (χ1) is 7.13. The van der Waals surface area contributed by atoms with Crippen LogP contribution in [0.1, 0.15) is 25.6 Å². The zero-order valence-electron chi connectivity index (χ0n) is 8.87. The number of benzene rings is 1. The van der Waals surface area contributed by atoms with Crippen LogP contribution in [-0.4, -0.2) is 9.67 Å². The van der Waals surface area contributed by atoms with Gasteiger partial charge in [0.25, 0.3) is 0 Å². The molecule has 3 heteroatoms. The fourth-order valence-corrected chi connectivity index (χ4v) is 1.95. The van der Waals surface area contributed by atoms with E-state index in [4.69, 9.17) is 0 Å². The molecule has 0 aliphatic carbocycles. The predicted molar refractivity (Wildman–Crippen MR) is 58.2 cm³/mol. The number of aliphatic hydroxyl groups excluding tert-OH is 1. The van der Waals surface area contributed by atoms with E-state index in [1.807, 2.05) is 17.6 Å². The zero-order chi connectivity index (χ0) is 11.0. The molecule has 2 aromatic rings. The number of rotatable bonds is 2. The van der Waals surface area contributed by atoms with Crippen molar-refractivity contribution < 1.29 is 9.50 Å². The fourth-order valence-electron chi connectivity index (χ4n) is 1.95. The van der Waals surface area contributed by atoms with Crippen molar-refractivity contribution in [1.82, 2.24) is 4.57 Å². The normalized spacial score (nSPS) is 13.3. The SMILES string of the molecule is CCn1c(C(C)O)cc2ccc(F)cc21. The van der Waals surface area contributed by atoms with Crippen LogP contribution in [0, 0.1) is 5.82 Å². The number of hydrogen-bond acceptors (Lipinski definition) is 1. The van der Waals surface area contributed by atoms with Gasteiger partial charge in [0.2, 0.25) is 0 Å². The molecule has 0 aliphatic heterocycles. The molecule has 1 atom stereocenters. The Kier molecular flexibility index (Phi) is 2.49. The second kappa shape index (κ2) is 3.66. The molecular formula is C12H14FNO. The van der Waals surface area contributed by atoms with Gasteiger partial charge >= 0.3 is 0 Å². The number of aryl methyl sites for hydroxylation is 1. The quantitative estimate of drug-likeness (QED) is 0.804. The zero-order valence-corrected chi connectivity index (χ0v) is 8.87. The first-order valence-corrected chi connectivity index (χ1v) is 5.10. The summed E-state index contributed by atoms with van der Waals surface area (Å²) in [5, 5.41) is 10.6. The lowest BCUT2D eigenvalue weighted by Gasteiger charge is -2.09. The molecule has 0 bridgehead atoms. The van der Waals surface area contributed by atoms with Crippen molar-refractivity contribution >= 4 is 10.9 Å². The Morgan fingerprint density at radius 1 is 1.40 bits per heavy atom. The molecule has 0 fully saturated rings. The van der Waals surface area contributed by atoms with E-state index in [9.17, 15) is 9.50 Å². The first-order valence-electron chi connectivity index (χ1n) is 5.10. The van der Waals surface area contributed by atoms with Crippen LogP contribution in [0.5, 0.6) is 0 Å². The van der Waals surface area contributed by atoms with E-state index >= 15 is 0 Å².